The van der Waals surface area contributed by atoms with Crippen LogP contribution in [0.1, 0.15) is 20.8 Å². The quantitative estimate of drug-likeness (QED) is 0.733. The van der Waals surface area contributed by atoms with Crippen LogP contribution in [0.5, 0.6) is 0 Å². The van der Waals surface area contributed by atoms with Crippen molar-refractivity contribution in [3.8, 4) is 0 Å². The van der Waals surface area contributed by atoms with Crippen LogP contribution >= 0.6 is 0 Å². The third kappa shape index (κ3) is 4.97. The third-order valence-corrected chi connectivity index (χ3v) is 4.38. The van der Waals surface area contributed by atoms with E-state index in [1.807, 2.05) is 0 Å². The molecule has 0 bridgehead atoms. The summed E-state index contributed by atoms with van der Waals surface area (Å²) in [7, 11) is -3.76. The number of carbonyl (C=O) groups excluding carboxylic acids is 1. The Bertz CT molecular complexity index is 474. The highest BCUT2D eigenvalue weighted by atomic mass is 32.2. The summed E-state index contributed by atoms with van der Waals surface area (Å²) in [6.07, 6.45) is -1.07. The molecule has 1 fully saturated rings. The molecule has 0 aromatic rings. The molecule has 1 N–H and O–H groups in total. The molecular formula is C11H20N2O6S. The lowest BCUT2D eigenvalue weighted by Gasteiger charge is -2.32. The average molecular weight is 308 g/mol. The summed E-state index contributed by atoms with van der Waals surface area (Å²) >= 11 is 0. The van der Waals surface area contributed by atoms with Crippen LogP contribution in [0.4, 0.5) is 4.79 Å². The number of esters is 1. The van der Waals surface area contributed by atoms with Crippen molar-refractivity contribution >= 4 is 22.1 Å². The first kappa shape index (κ1) is 16.7. The van der Waals surface area contributed by atoms with Crippen LogP contribution in [-0.2, 0) is 19.6 Å². The van der Waals surface area contributed by atoms with Crippen LogP contribution in [0.15, 0.2) is 0 Å². The number of hydrogen-bond acceptors (Lipinski definition) is 5. The second-order valence-corrected chi connectivity index (χ2v) is 7.48. The minimum Gasteiger partial charge on any atom is -0.465 e. The van der Waals surface area contributed by atoms with Gasteiger partial charge in [0.25, 0.3) is 0 Å². The molecule has 8 nitrogen and oxygen atoms in total. The fraction of sp³-hybridized carbons (Fsp3) is 0.818. The summed E-state index contributed by atoms with van der Waals surface area (Å²) in [4.78, 5) is 23.4. The van der Waals surface area contributed by atoms with E-state index in [1.54, 1.807) is 20.8 Å². The second kappa shape index (κ2) is 5.96. The number of hydrogen-bond donors (Lipinski definition) is 1. The molecule has 0 aromatic carbocycles. The molecular weight excluding hydrogens is 288 g/mol. The Balaban J connectivity index is 2.58. The summed E-state index contributed by atoms with van der Waals surface area (Å²) in [6, 6.07) is 0. The highest BCUT2D eigenvalue weighted by molar-refractivity contribution is 7.89. The van der Waals surface area contributed by atoms with Crippen molar-refractivity contribution in [3.05, 3.63) is 0 Å². The molecule has 1 heterocycles. The van der Waals surface area contributed by atoms with Gasteiger partial charge in [-0.3, -0.25) is 4.79 Å². The Labute approximate surface area is 118 Å². The largest absolute Gasteiger partial charge is 0.465 e. The fourth-order valence-electron chi connectivity index (χ4n) is 1.77. The van der Waals surface area contributed by atoms with Crippen molar-refractivity contribution in [1.82, 2.24) is 9.21 Å². The van der Waals surface area contributed by atoms with Crippen LogP contribution in [0, 0.1) is 0 Å². The number of ether oxygens (including phenoxy) is 1. The summed E-state index contributed by atoms with van der Waals surface area (Å²) in [6.45, 7) is 5.27. The van der Waals surface area contributed by atoms with Gasteiger partial charge < -0.3 is 14.7 Å². The zero-order valence-electron chi connectivity index (χ0n) is 11.8. The smallest absolute Gasteiger partial charge is 0.407 e. The number of carbonyl (C=O) groups is 2. The van der Waals surface area contributed by atoms with Crippen LogP contribution in [-0.4, -0.2) is 72.3 Å². The van der Waals surface area contributed by atoms with E-state index >= 15 is 0 Å². The van der Waals surface area contributed by atoms with Gasteiger partial charge in [-0.2, -0.15) is 4.31 Å². The molecule has 0 saturated carbocycles. The molecule has 0 atom stereocenters. The van der Waals surface area contributed by atoms with E-state index in [1.165, 1.54) is 0 Å². The number of piperazine rings is 1. The van der Waals surface area contributed by atoms with Gasteiger partial charge >= 0.3 is 12.1 Å². The zero-order valence-corrected chi connectivity index (χ0v) is 12.6. The van der Waals surface area contributed by atoms with Crippen molar-refractivity contribution in [2.45, 2.75) is 26.4 Å². The predicted octanol–water partition coefficient (Wildman–Crippen LogP) is -0.0465. The number of carboxylic acid groups (broad SMARTS) is 1. The van der Waals surface area contributed by atoms with Gasteiger partial charge in [-0.1, -0.05) is 0 Å². The predicted molar refractivity (Wildman–Crippen MR) is 70.8 cm³/mol. The van der Waals surface area contributed by atoms with Crippen LogP contribution in [0.25, 0.3) is 0 Å². The van der Waals surface area contributed by atoms with Crippen molar-refractivity contribution in [2.75, 3.05) is 31.9 Å². The number of rotatable bonds is 3. The normalized spacial score (nSPS) is 17.9. The van der Waals surface area contributed by atoms with Crippen molar-refractivity contribution in [3.63, 3.8) is 0 Å². The average Bonchev–Trinajstić information content (AvgIpc) is 2.25. The number of amides is 1. The maximum Gasteiger partial charge on any atom is 0.407 e. The van der Waals surface area contributed by atoms with Crippen LogP contribution in [0.2, 0.25) is 0 Å². The van der Waals surface area contributed by atoms with E-state index in [4.69, 9.17) is 9.84 Å². The van der Waals surface area contributed by atoms with Gasteiger partial charge in [-0.15, -0.1) is 0 Å². The monoisotopic (exact) mass is 308 g/mol. The first-order valence-electron chi connectivity index (χ1n) is 6.19. The van der Waals surface area contributed by atoms with Gasteiger partial charge in [0.05, 0.1) is 0 Å². The Hall–Kier alpha value is -1.35. The second-order valence-electron chi connectivity index (χ2n) is 5.51. The van der Waals surface area contributed by atoms with Gasteiger partial charge in [0.15, 0.2) is 5.75 Å². The topological polar surface area (TPSA) is 104 Å². The van der Waals surface area contributed by atoms with Crippen LogP contribution < -0.4 is 0 Å². The highest BCUT2D eigenvalue weighted by Gasteiger charge is 2.31. The van der Waals surface area contributed by atoms with E-state index in [0.717, 1.165) is 9.21 Å². The molecule has 9 heteroatoms. The molecule has 1 aliphatic rings. The Morgan fingerprint density at radius 2 is 1.65 bits per heavy atom. The summed E-state index contributed by atoms with van der Waals surface area (Å²) in [5, 5.41) is 8.78. The van der Waals surface area contributed by atoms with Gasteiger partial charge in [-0.05, 0) is 20.8 Å². The maximum atomic E-state index is 12.0. The van der Waals surface area contributed by atoms with Gasteiger partial charge in [0, 0.05) is 26.2 Å². The highest BCUT2D eigenvalue weighted by Crippen LogP contribution is 2.12. The SMILES string of the molecule is CC(C)(C)OC(=O)CS(=O)(=O)N1CCN(C(=O)O)CC1. The van der Waals surface area contributed by atoms with Crippen molar-refractivity contribution < 1.29 is 27.9 Å². The lowest BCUT2D eigenvalue weighted by molar-refractivity contribution is -0.151. The lowest BCUT2D eigenvalue weighted by Crippen LogP contribution is -2.51. The standard InChI is InChI=1S/C11H20N2O6S/c1-11(2,3)19-9(14)8-20(17,18)13-6-4-12(5-7-13)10(15)16/h4-8H2,1-3H3,(H,15,16). The molecule has 1 rings (SSSR count). The molecule has 0 spiro atoms. The molecule has 1 aliphatic heterocycles. The molecule has 20 heavy (non-hydrogen) atoms. The number of sulfonamides is 1. The molecule has 0 unspecified atom stereocenters. The van der Waals surface area contributed by atoms with Gasteiger partial charge in [0.1, 0.15) is 5.60 Å². The van der Waals surface area contributed by atoms with E-state index in [0.29, 0.717) is 0 Å². The van der Waals surface area contributed by atoms with Crippen LogP contribution in [0.3, 0.4) is 0 Å². The summed E-state index contributed by atoms with van der Waals surface area (Å²) < 4.78 is 30.1. The summed E-state index contributed by atoms with van der Waals surface area (Å²) in [5.41, 5.74) is -0.741. The summed E-state index contributed by atoms with van der Waals surface area (Å²) in [5.74, 6) is -1.53. The first-order valence-corrected chi connectivity index (χ1v) is 7.80. The van der Waals surface area contributed by atoms with Crippen molar-refractivity contribution in [1.29, 1.82) is 0 Å². The Morgan fingerprint density at radius 3 is 2.05 bits per heavy atom. The minimum atomic E-state index is -3.76. The van der Waals surface area contributed by atoms with E-state index in [9.17, 15) is 18.0 Å². The molecule has 0 aliphatic carbocycles. The Kier molecular flexibility index (Phi) is 4.98. The van der Waals surface area contributed by atoms with Crippen molar-refractivity contribution in [2.24, 2.45) is 0 Å². The van der Waals surface area contributed by atoms with E-state index < -0.39 is 33.4 Å². The molecule has 1 amide bonds. The first-order chi connectivity index (χ1) is 9.01. The molecule has 116 valence electrons. The number of nitrogens with zero attached hydrogens (tertiary/aromatic N) is 2. The molecule has 0 aromatic heterocycles. The van der Waals surface area contributed by atoms with Gasteiger partial charge in [-0.25, -0.2) is 13.2 Å². The minimum absolute atomic E-state index is 0.0530. The Morgan fingerprint density at radius 1 is 1.15 bits per heavy atom. The molecule has 1 saturated heterocycles. The molecule has 0 radical (unpaired) electrons. The van der Waals surface area contributed by atoms with E-state index in [-0.39, 0.29) is 26.2 Å². The lowest BCUT2D eigenvalue weighted by atomic mass is 10.2. The fourth-order valence-corrected chi connectivity index (χ4v) is 3.03. The van der Waals surface area contributed by atoms with E-state index in [2.05, 4.69) is 0 Å². The van der Waals surface area contributed by atoms with Gasteiger partial charge in [0.2, 0.25) is 10.0 Å². The third-order valence-electron chi connectivity index (χ3n) is 2.62. The zero-order chi connectivity index (χ0) is 15.6. The maximum absolute atomic E-state index is 12.0.